The van der Waals surface area contributed by atoms with Gasteiger partial charge in [0.2, 0.25) is 0 Å². The number of thiol groups is 1. The molecule has 1 rings (SSSR count). The monoisotopic (exact) mass is 218 g/mol. The number of aromatic nitrogens is 2. The Bertz CT molecular complexity index is 320. The first-order chi connectivity index (χ1) is 5.59. The van der Waals surface area contributed by atoms with Crippen molar-refractivity contribution in [3.8, 4) is 5.19 Å². The van der Waals surface area contributed by atoms with Gasteiger partial charge in [-0.15, -0.1) is 17.7 Å². The van der Waals surface area contributed by atoms with E-state index in [9.17, 15) is 0 Å². The normalized spacial score (nSPS) is 9.50. The number of hydrogen-bond donors (Lipinski definition) is 1. The highest BCUT2D eigenvalue weighted by atomic mass is 32.2. The minimum atomic E-state index is 0.333. The van der Waals surface area contributed by atoms with Crippen molar-refractivity contribution < 1.29 is 4.74 Å². The standard InChI is InChI=1S/C6H6N2OS3/c1-3(2)4(10)9-5-7-8-6(11)12-5/h1H2,2H3,(H,8,11). The van der Waals surface area contributed by atoms with Crippen LogP contribution in [-0.2, 0) is 0 Å². The summed E-state index contributed by atoms with van der Waals surface area (Å²) >= 11 is 10.1. The number of ether oxygens (including phenoxy) is 1. The zero-order chi connectivity index (χ0) is 9.14. The first-order valence-electron chi connectivity index (χ1n) is 2.99. The maximum Gasteiger partial charge on any atom is 0.301 e. The molecule has 0 N–H and O–H groups in total. The summed E-state index contributed by atoms with van der Waals surface area (Å²) in [4.78, 5) is 0. The largest absolute Gasteiger partial charge is 0.418 e. The molecule has 0 atom stereocenters. The molecule has 0 aliphatic heterocycles. The summed E-state index contributed by atoms with van der Waals surface area (Å²) in [6, 6.07) is 0. The lowest BCUT2D eigenvalue weighted by atomic mass is 10.4. The van der Waals surface area contributed by atoms with Crippen molar-refractivity contribution in [3.63, 3.8) is 0 Å². The maximum absolute atomic E-state index is 5.12. The molecule has 0 unspecified atom stereocenters. The van der Waals surface area contributed by atoms with Gasteiger partial charge in [-0.25, -0.2) is 0 Å². The van der Waals surface area contributed by atoms with E-state index in [1.807, 2.05) is 0 Å². The topological polar surface area (TPSA) is 35.0 Å². The van der Waals surface area contributed by atoms with E-state index in [0.717, 1.165) is 0 Å². The molecule has 1 aromatic heterocycles. The summed E-state index contributed by atoms with van der Waals surface area (Å²) in [7, 11) is 0. The van der Waals surface area contributed by atoms with Crippen LogP contribution in [-0.4, -0.2) is 15.2 Å². The first kappa shape index (κ1) is 9.63. The van der Waals surface area contributed by atoms with Crippen molar-refractivity contribution in [1.29, 1.82) is 0 Å². The van der Waals surface area contributed by atoms with Crippen LogP contribution < -0.4 is 4.74 Å². The van der Waals surface area contributed by atoms with E-state index in [-0.39, 0.29) is 0 Å². The van der Waals surface area contributed by atoms with E-state index >= 15 is 0 Å². The molecule has 0 amide bonds. The van der Waals surface area contributed by atoms with Gasteiger partial charge in [-0.05, 0) is 36.1 Å². The van der Waals surface area contributed by atoms with Gasteiger partial charge in [0.15, 0.2) is 9.39 Å². The summed E-state index contributed by atoms with van der Waals surface area (Å²) in [5, 5.41) is 8.06. The molecule has 64 valence electrons. The average molecular weight is 218 g/mol. The molecule has 0 spiro atoms. The van der Waals surface area contributed by atoms with Crippen molar-refractivity contribution in [2.75, 3.05) is 0 Å². The summed E-state index contributed by atoms with van der Waals surface area (Å²) < 4.78 is 5.68. The van der Waals surface area contributed by atoms with Crippen LogP contribution in [0.15, 0.2) is 16.5 Å². The van der Waals surface area contributed by atoms with E-state index in [1.54, 1.807) is 6.92 Å². The predicted octanol–water partition coefficient (Wildman–Crippen LogP) is 2.11. The van der Waals surface area contributed by atoms with Crippen molar-refractivity contribution >= 4 is 41.2 Å². The molecule has 0 radical (unpaired) electrons. The van der Waals surface area contributed by atoms with Crippen LogP contribution in [0, 0.1) is 0 Å². The lowest BCUT2D eigenvalue weighted by molar-refractivity contribution is 0.551. The van der Waals surface area contributed by atoms with Crippen molar-refractivity contribution in [3.05, 3.63) is 12.2 Å². The van der Waals surface area contributed by atoms with E-state index in [2.05, 4.69) is 29.4 Å². The molecule has 0 aliphatic carbocycles. The summed E-state index contributed by atoms with van der Waals surface area (Å²) in [5.41, 5.74) is 0.695. The van der Waals surface area contributed by atoms with Gasteiger partial charge in [0.05, 0.1) is 0 Å². The predicted molar refractivity (Wildman–Crippen MR) is 55.2 cm³/mol. The number of rotatable bonds is 2. The fourth-order valence-corrected chi connectivity index (χ4v) is 1.27. The van der Waals surface area contributed by atoms with Crippen molar-refractivity contribution in [2.45, 2.75) is 11.3 Å². The van der Waals surface area contributed by atoms with E-state index in [1.165, 1.54) is 11.3 Å². The molecule has 12 heavy (non-hydrogen) atoms. The molecule has 0 fully saturated rings. The minimum absolute atomic E-state index is 0.333. The highest BCUT2D eigenvalue weighted by Gasteiger charge is 2.05. The van der Waals surface area contributed by atoms with Gasteiger partial charge in [-0.3, -0.25) is 0 Å². The Morgan fingerprint density at radius 3 is 2.75 bits per heavy atom. The summed E-state index contributed by atoms with van der Waals surface area (Å²) in [5.74, 6) is 0. The van der Waals surface area contributed by atoms with Gasteiger partial charge in [-0.1, -0.05) is 11.7 Å². The Morgan fingerprint density at radius 2 is 2.33 bits per heavy atom. The van der Waals surface area contributed by atoms with Crippen LogP contribution in [0.25, 0.3) is 0 Å². The maximum atomic E-state index is 5.12. The summed E-state index contributed by atoms with van der Waals surface area (Å²) in [6.45, 7) is 5.40. The molecule has 0 saturated carbocycles. The molecular weight excluding hydrogens is 212 g/mol. The van der Waals surface area contributed by atoms with Gasteiger partial charge in [0.25, 0.3) is 0 Å². The first-order valence-corrected chi connectivity index (χ1v) is 4.67. The van der Waals surface area contributed by atoms with Crippen LogP contribution in [0.2, 0.25) is 0 Å². The van der Waals surface area contributed by atoms with E-state index < -0.39 is 0 Å². The molecule has 6 heteroatoms. The highest BCUT2D eigenvalue weighted by molar-refractivity contribution is 7.82. The molecule has 3 nitrogen and oxygen atoms in total. The second-order valence-corrected chi connectivity index (χ2v) is 4.06. The Morgan fingerprint density at radius 1 is 1.67 bits per heavy atom. The van der Waals surface area contributed by atoms with Crippen molar-refractivity contribution in [1.82, 2.24) is 10.2 Å². The summed E-state index contributed by atoms with van der Waals surface area (Å²) in [6.07, 6.45) is 0. The Balaban J connectivity index is 2.64. The average Bonchev–Trinajstić information content (AvgIpc) is 2.35. The molecular formula is C6H6N2OS3. The molecule has 1 heterocycles. The second-order valence-electron chi connectivity index (χ2n) is 2.02. The third kappa shape index (κ3) is 2.54. The van der Waals surface area contributed by atoms with Gasteiger partial charge < -0.3 is 4.74 Å². The minimum Gasteiger partial charge on any atom is -0.418 e. The van der Waals surface area contributed by atoms with Gasteiger partial charge >= 0.3 is 5.19 Å². The quantitative estimate of drug-likeness (QED) is 0.468. The Hall–Kier alpha value is -0.460. The third-order valence-electron chi connectivity index (χ3n) is 0.924. The third-order valence-corrected chi connectivity index (χ3v) is 2.32. The fraction of sp³-hybridized carbons (Fsp3) is 0.167. The molecule has 0 aromatic carbocycles. The van der Waals surface area contributed by atoms with Crippen LogP contribution in [0.4, 0.5) is 0 Å². The SMILES string of the molecule is C=C(C)C(=S)Oc1nnc(S)s1. The molecule has 0 saturated heterocycles. The van der Waals surface area contributed by atoms with Gasteiger partial charge in [0, 0.05) is 0 Å². The van der Waals surface area contributed by atoms with Crippen molar-refractivity contribution in [2.24, 2.45) is 0 Å². The second kappa shape index (κ2) is 3.97. The smallest absolute Gasteiger partial charge is 0.301 e. The van der Waals surface area contributed by atoms with Crippen LogP contribution in [0.1, 0.15) is 6.92 Å². The van der Waals surface area contributed by atoms with E-state index in [0.29, 0.717) is 20.2 Å². The number of nitrogens with zero attached hydrogens (tertiary/aromatic N) is 2. The highest BCUT2D eigenvalue weighted by Crippen LogP contribution is 2.21. The molecule has 1 aromatic rings. The van der Waals surface area contributed by atoms with Gasteiger partial charge in [-0.2, -0.15) is 0 Å². The zero-order valence-electron chi connectivity index (χ0n) is 6.27. The lowest BCUT2D eigenvalue weighted by Crippen LogP contribution is -2.05. The van der Waals surface area contributed by atoms with E-state index in [4.69, 9.17) is 17.0 Å². The number of hydrogen-bond acceptors (Lipinski definition) is 6. The van der Waals surface area contributed by atoms with Gasteiger partial charge in [0.1, 0.15) is 0 Å². The Labute approximate surface area is 84.9 Å². The number of thiocarbonyl (C=S) groups is 1. The Kier molecular flexibility index (Phi) is 3.19. The fourth-order valence-electron chi connectivity index (χ4n) is 0.410. The zero-order valence-corrected chi connectivity index (χ0v) is 8.80. The van der Waals surface area contributed by atoms with Crippen LogP contribution in [0.5, 0.6) is 5.19 Å². The lowest BCUT2D eigenvalue weighted by Gasteiger charge is -1.99. The molecule has 0 aliphatic rings. The van der Waals surface area contributed by atoms with Crippen LogP contribution >= 0.6 is 36.2 Å². The molecule has 0 bridgehead atoms. The van der Waals surface area contributed by atoms with Crippen LogP contribution in [0.3, 0.4) is 0 Å².